The minimum atomic E-state index is 0.726. The van der Waals surface area contributed by atoms with E-state index in [1.165, 1.54) is 11.8 Å². The second-order valence-corrected chi connectivity index (χ2v) is 5.72. The van der Waals surface area contributed by atoms with Gasteiger partial charge in [-0.2, -0.15) is 4.52 Å². The van der Waals surface area contributed by atoms with Gasteiger partial charge in [0.2, 0.25) is 5.16 Å². The van der Waals surface area contributed by atoms with Gasteiger partial charge in [-0.3, -0.25) is 4.98 Å². The number of rotatable bonds is 3. The van der Waals surface area contributed by atoms with E-state index in [2.05, 4.69) is 31.7 Å². The molecule has 0 amide bonds. The van der Waals surface area contributed by atoms with Gasteiger partial charge in [0.05, 0.1) is 5.52 Å². The van der Waals surface area contributed by atoms with Crippen LogP contribution in [0.25, 0.3) is 16.6 Å². The lowest BCUT2D eigenvalue weighted by Crippen LogP contribution is -1.99. The lowest BCUT2D eigenvalue weighted by molar-refractivity contribution is 0.812. The summed E-state index contributed by atoms with van der Waals surface area (Å²) < 4.78 is 1.74. The van der Waals surface area contributed by atoms with Gasteiger partial charge in [0.1, 0.15) is 5.82 Å². The van der Waals surface area contributed by atoms with Crippen LogP contribution in [0.5, 0.6) is 0 Å². The Bertz CT molecular complexity index is 964. The Morgan fingerprint density at radius 2 is 2.05 bits per heavy atom. The standard InChI is InChI=1S/C15H12N6S/c1-16-13-6-7-14-18-19-15(21(14)20-13)22-11-4-5-12-10(9-11)3-2-8-17-12/h2-9H,1H3,(H,16,20). The highest BCUT2D eigenvalue weighted by Gasteiger charge is 2.09. The molecule has 3 aromatic heterocycles. The molecule has 0 saturated carbocycles. The molecule has 108 valence electrons. The van der Waals surface area contributed by atoms with Crippen LogP contribution >= 0.6 is 11.8 Å². The van der Waals surface area contributed by atoms with Crippen LogP contribution in [0.4, 0.5) is 5.82 Å². The maximum atomic E-state index is 4.46. The molecule has 0 fully saturated rings. The Morgan fingerprint density at radius 3 is 2.95 bits per heavy atom. The van der Waals surface area contributed by atoms with E-state index in [4.69, 9.17) is 0 Å². The molecule has 4 aromatic rings. The van der Waals surface area contributed by atoms with Crippen LogP contribution in [-0.4, -0.2) is 31.8 Å². The molecule has 0 radical (unpaired) electrons. The van der Waals surface area contributed by atoms with Gasteiger partial charge in [-0.05, 0) is 48.2 Å². The average Bonchev–Trinajstić information content (AvgIpc) is 2.97. The molecule has 7 heteroatoms. The molecular weight excluding hydrogens is 296 g/mol. The second kappa shape index (κ2) is 5.27. The van der Waals surface area contributed by atoms with Gasteiger partial charge in [-0.25, -0.2) is 0 Å². The Balaban J connectivity index is 1.75. The minimum Gasteiger partial charge on any atom is -0.372 e. The summed E-state index contributed by atoms with van der Waals surface area (Å²) in [6, 6.07) is 13.9. The van der Waals surface area contributed by atoms with Crippen molar-refractivity contribution in [2.24, 2.45) is 0 Å². The zero-order chi connectivity index (χ0) is 14.9. The molecule has 4 rings (SSSR count). The Hall–Kier alpha value is -2.67. The van der Waals surface area contributed by atoms with Gasteiger partial charge in [0.25, 0.3) is 0 Å². The predicted octanol–water partition coefficient (Wildman–Crippen LogP) is 2.87. The topological polar surface area (TPSA) is 68.0 Å². The number of pyridine rings is 1. The normalized spacial score (nSPS) is 11.1. The number of anilines is 1. The summed E-state index contributed by atoms with van der Waals surface area (Å²) in [4.78, 5) is 5.40. The molecule has 1 N–H and O–H groups in total. The molecule has 22 heavy (non-hydrogen) atoms. The van der Waals surface area contributed by atoms with Crippen molar-refractivity contribution in [3.63, 3.8) is 0 Å². The number of fused-ring (bicyclic) bond motifs is 2. The van der Waals surface area contributed by atoms with E-state index in [0.717, 1.165) is 32.4 Å². The van der Waals surface area contributed by atoms with E-state index in [9.17, 15) is 0 Å². The largest absolute Gasteiger partial charge is 0.372 e. The highest BCUT2D eigenvalue weighted by atomic mass is 32.2. The van der Waals surface area contributed by atoms with E-state index in [1.54, 1.807) is 10.7 Å². The first-order chi connectivity index (χ1) is 10.8. The smallest absolute Gasteiger partial charge is 0.217 e. The van der Waals surface area contributed by atoms with Gasteiger partial charge in [0.15, 0.2) is 5.65 Å². The number of nitrogens with one attached hydrogen (secondary N) is 1. The van der Waals surface area contributed by atoms with Crippen molar-refractivity contribution in [3.05, 3.63) is 48.7 Å². The summed E-state index contributed by atoms with van der Waals surface area (Å²) >= 11 is 1.53. The second-order valence-electron chi connectivity index (χ2n) is 4.68. The highest BCUT2D eigenvalue weighted by molar-refractivity contribution is 7.99. The molecule has 1 aromatic carbocycles. The number of nitrogens with zero attached hydrogens (tertiary/aromatic N) is 5. The summed E-state index contributed by atoms with van der Waals surface area (Å²) in [6.07, 6.45) is 1.80. The van der Waals surface area contributed by atoms with Crippen molar-refractivity contribution in [2.45, 2.75) is 10.1 Å². The van der Waals surface area contributed by atoms with Crippen molar-refractivity contribution in [1.29, 1.82) is 0 Å². The summed E-state index contributed by atoms with van der Waals surface area (Å²) in [5, 5.41) is 17.7. The fourth-order valence-electron chi connectivity index (χ4n) is 2.19. The molecule has 0 aliphatic rings. The van der Waals surface area contributed by atoms with E-state index in [-0.39, 0.29) is 0 Å². The summed E-state index contributed by atoms with van der Waals surface area (Å²) in [6.45, 7) is 0. The van der Waals surface area contributed by atoms with Crippen LogP contribution < -0.4 is 5.32 Å². The average molecular weight is 308 g/mol. The van der Waals surface area contributed by atoms with Gasteiger partial charge < -0.3 is 5.32 Å². The van der Waals surface area contributed by atoms with Crippen molar-refractivity contribution >= 4 is 34.1 Å². The zero-order valence-electron chi connectivity index (χ0n) is 11.8. The zero-order valence-corrected chi connectivity index (χ0v) is 12.6. The summed E-state index contributed by atoms with van der Waals surface area (Å²) in [5.41, 5.74) is 1.71. The van der Waals surface area contributed by atoms with Crippen LogP contribution in [0.15, 0.2) is 58.7 Å². The first kappa shape index (κ1) is 13.0. The third-order valence-corrected chi connectivity index (χ3v) is 4.20. The lowest BCUT2D eigenvalue weighted by atomic mass is 10.2. The lowest BCUT2D eigenvalue weighted by Gasteiger charge is -2.03. The predicted molar refractivity (Wildman–Crippen MR) is 86.2 cm³/mol. The molecule has 3 heterocycles. The van der Waals surface area contributed by atoms with Gasteiger partial charge in [0, 0.05) is 23.5 Å². The summed E-state index contributed by atoms with van der Waals surface area (Å²) in [5.74, 6) is 0.775. The van der Waals surface area contributed by atoms with Crippen molar-refractivity contribution in [2.75, 3.05) is 12.4 Å². The van der Waals surface area contributed by atoms with Crippen molar-refractivity contribution < 1.29 is 0 Å². The van der Waals surface area contributed by atoms with Gasteiger partial charge in [-0.15, -0.1) is 15.3 Å². The fraction of sp³-hybridized carbons (Fsp3) is 0.0667. The molecule has 0 aliphatic heterocycles. The number of aromatic nitrogens is 5. The maximum Gasteiger partial charge on any atom is 0.217 e. The summed E-state index contributed by atoms with van der Waals surface area (Å²) in [7, 11) is 1.83. The van der Waals surface area contributed by atoms with E-state index in [1.807, 2.05) is 43.4 Å². The third-order valence-electron chi connectivity index (χ3n) is 3.27. The SMILES string of the molecule is CNc1ccc2nnc(Sc3ccc4ncccc4c3)n2n1. The molecule has 0 unspecified atom stereocenters. The quantitative estimate of drug-likeness (QED) is 0.627. The van der Waals surface area contributed by atoms with E-state index < -0.39 is 0 Å². The monoisotopic (exact) mass is 308 g/mol. The molecule has 0 spiro atoms. The van der Waals surface area contributed by atoms with Crippen LogP contribution in [0.3, 0.4) is 0 Å². The molecule has 6 nitrogen and oxygen atoms in total. The van der Waals surface area contributed by atoms with Crippen LogP contribution in [0.1, 0.15) is 0 Å². The Morgan fingerprint density at radius 1 is 1.09 bits per heavy atom. The van der Waals surface area contributed by atoms with Crippen molar-refractivity contribution in [1.82, 2.24) is 24.8 Å². The minimum absolute atomic E-state index is 0.726. The molecule has 0 atom stereocenters. The molecule has 0 bridgehead atoms. The van der Waals surface area contributed by atoms with Crippen LogP contribution in [-0.2, 0) is 0 Å². The third kappa shape index (κ3) is 2.25. The van der Waals surface area contributed by atoms with Crippen LogP contribution in [0.2, 0.25) is 0 Å². The van der Waals surface area contributed by atoms with Gasteiger partial charge >= 0.3 is 0 Å². The molecule has 0 aliphatic carbocycles. The number of hydrogen-bond acceptors (Lipinski definition) is 6. The molecule has 0 saturated heterocycles. The number of hydrogen-bond donors (Lipinski definition) is 1. The number of benzene rings is 1. The van der Waals surface area contributed by atoms with Crippen molar-refractivity contribution in [3.8, 4) is 0 Å². The Kier molecular flexibility index (Phi) is 3.12. The highest BCUT2D eigenvalue weighted by Crippen LogP contribution is 2.28. The van der Waals surface area contributed by atoms with E-state index in [0.29, 0.717) is 0 Å². The van der Waals surface area contributed by atoms with Crippen LogP contribution in [0, 0.1) is 0 Å². The molecular formula is C15H12N6S. The van der Waals surface area contributed by atoms with E-state index >= 15 is 0 Å². The van der Waals surface area contributed by atoms with Gasteiger partial charge in [-0.1, -0.05) is 6.07 Å². The first-order valence-corrected chi connectivity index (χ1v) is 7.58. The Labute approximate surface area is 130 Å². The fourth-order valence-corrected chi connectivity index (χ4v) is 3.02. The first-order valence-electron chi connectivity index (χ1n) is 6.76. The maximum absolute atomic E-state index is 4.46.